The van der Waals surface area contributed by atoms with Crippen molar-refractivity contribution >= 4 is 11.9 Å². The van der Waals surface area contributed by atoms with Crippen LogP contribution in [0.25, 0.3) is 0 Å². The van der Waals surface area contributed by atoms with Crippen LogP contribution in [0.5, 0.6) is 0 Å². The number of benzene rings is 1. The van der Waals surface area contributed by atoms with Crippen molar-refractivity contribution < 1.29 is 9.59 Å². The minimum absolute atomic E-state index is 0.0186. The van der Waals surface area contributed by atoms with E-state index in [2.05, 4.69) is 17.4 Å². The van der Waals surface area contributed by atoms with Crippen LogP contribution < -0.4 is 5.32 Å². The second-order valence-corrected chi connectivity index (χ2v) is 6.29. The molecule has 0 atom stereocenters. The monoisotopic (exact) mass is 317 g/mol. The molecule has 1 heterocycles. The Morgan fingerprint density at radius 3 is 2.48 bits per heavy atom. The van der Waals surface area contributed by atoms with Crippen LogP contribution in [0.1, 0.15) is 25.3 Å². The minimum atomic E-state index is -0.0186. The van der Waals surface area contributed by atoms with Gasteiger partial charge in [-0.2, -0.15) is 0 Å². The molecule has 126 valence electrons. The molecular formula is C18H27N3O2. The third-order valence-corrected chi connectivity index (χ3v) is 4.53. The summed E-state index contributed by atoms with van der Waals surface area (Å²) in [4.78, 5) is 27.0. The van der Waals surface area contributed by atoms with Crippen molar-refractivity contribution in [3.05, 3.63) is 35.9 Å². The van der Waals surface area contributed by atoms with E-state index in [1.54, 1.807) is 11.8 Å². The molecule has 1 aromatic carbocycles. The third-order valence-electron chi connectivity index (χ3n) is 4.53. The summed E-state index contributed by atoms with van der Waals surface area (Å²) >= 11 is 0. The van der Waals surface area contributed by atoms with E-state index in [9.17, 15) is 9.59 Å². The second kappa shape index (κ2) is 8.56. The maximum Gasteiger partial charge on any atom is 0.317 e. The molecule has 1 aliphatic rings. The van der Waals surface area contributed by atoms with Gasteiger partial charge in [-0.3, -0.25) is 4.79 Å². The Kier molecular flexibility index (Phi) is 6.44. The lowest BCUT2D eigenvalue weighted by molar-refractivity contribution is -0.130. The number of nitrogens with zero attached hydrogens (tertiary/aromatic N) is 2. The Hall–Kier alpha value is -2.04. The average molecular weight is 317 g/mol. The summed E-state index contributed by atoms with van der Waals surface area (Å²) in [6, 6.07) is 10.2. The standard InChI is InChI=1S/C18H27N3O2/c1-15(22)21-12-9-17(10-13-21)14-19-18(23)20(2)11-8-16-6-4-3-5-7-16/h3-7,17H,8-14H2,1-2H3,(H,19,23). The molecule has 0 aliphatic carbocycles. The van der Waals surface area contributed by atoms with E-state index in [4.69, 9.17) is 0 Å². The highest BCUT2D eigenvalue weighted by molar-refractivity contribution is 5.74. The molecular weight excluding hydrogens is 290 g/mol. The zero-order valence-electron chi connectivity index (χ0n) is 14.1. The van der Waals surface area contributed by atoms with Gasteiger partial charge in [0.2, 0.25) is 5.91 Å². The fourth-order valence-electron chi connectivity index (χ4n) is 2.86. The number of nitrogens with one attached hydrogen (secondary N) is 1. The van der Waals surface area contributed by atoms with Crippen LogP contribution in [0.2, 0.25) is 0 Å². The molecule has 1 saturated heterocycles. The number of likely N-dealkylation sites (N-methyl/N-ethyl adjacent to an activating group) is 1. The molecule has 1 fully saturated rings. The van der Waals surface area contributed by atoms with Gasteiger partial charge in [0.15, 0.2) is 0 Å². The Morgan fingerprint density at radius 1 is 1.22 bits per heavy atom. The number of piperidine rings is 1. The summed E-state index contributed by atoms with van der Waals surface area (Å²) in [7, 11) is 1.83. The molecule has 5 heteroatoms. The van der Waals surface area contributed by atoms with Crippen molar-refractivity contribution in [1.82, 2.24) is 15.1 Å². The number of carbonyl (C=O) groups is 2. The fraction of sp³-hybridized carbons (Fsp3) is 0.556. The van der Waals surface area contributed by atoms with Crippen molar-refractivity contribution in [1.29, 1.82) is 0 Å². The van der Waals surface area contributed by atoms with Crippen molar-refractivity contribution in [2.45, 2.75) is 26.2 Å². The molecule has 0 bridgehead atoms. The highest BCUT2D eigenvalue weighted by Gasteiger charge is 2.21. The molecule has 1 aromatic rings. The highest BCUT2D eigenvalue weighted by Crippen LogP contribution is 2.16. The predicted molar refractivity (Wildman–Crippen MR) is 91.2 cm³/mol. The van der Waals surface area contributed by atoms with Gasteiger partial charge in [-0.05, 0) is 30.7 Å². The lowest BCUT2D eigenvalue weighted by Crippen LogP contribution is -2.43. The molecule has 0 aromatic heterocycles. The summed E-state index contributed by atoms with van der Waals surface area (Å²) in [5.41, 5.74) is 1.24. The molecule has 0 radical (unpaired) electrons. The number of urea groups is 1. The van der Waals surface area contributed by atoms with Crippen LogP contribution in [0.15, 0.2) is 30.3 Å². The third kappa shape index (κ3) is 5.58. The summed E-state index contributed by atoms with van der Waals surface area (Å²) in [6.45, 7) is 4.63. The lowest BCUT2D eigenvalue weighted by atomic mass is 9.97. The van der Waals surface area contributed by atoms with E-state index in [0.717, 1.165) is 32.4 Å². The van der Waals surface area contributed by atoms with Gasteiger partial charge in [0.1, 0.15) is 0 Å². The molecule has 2 rings (SSSR count). The van der Waals surface area contributed by atoms with E-state index in [1.165, 1.54) is 5.56 Å². The predicted octanol–water partition coefficient (Wildman–Crippen LogP) is 2.13. The molecule has 0 unspecified atom stereocenters. The number of rotatable bonds is 5. The minimum Gasteiger partial charge on any atom is -0.343 e. The Labute approximate surface area is 138 Å². The normalized spacial score (nSPS) is 15.3. The van der Waals surface area contributed by atoms with E-state index in [0.29, 0.717) is 19.0 Å². The quantitative estimate of drug-likeness (QED) is 0.904. The van der Waals surface area contributed by atoms with Crippen molar-refractivity contribution in [2.24, 2.45) is 5.92 Å². The fourth-order valence-corrected chi connectivity index (χ4v) is 2.86. The summed E-state index contributed by atoms with van der Waals surface area (Å²) < 4.78 is 0. The summed E-state index contributed by atoms with van der Waals surface area (Å²) in [6.07, 6.45) is 2.79. The molecule has 23 heavy (non-hydrogen) atoms. The van der Waals surface area contributed by atoms with Crippen molar-refractivity contribution in [3.63, 3.8) is 0 Å². The number of hydrogen-bond donors (Lipinski definition) is 1. The van der Waals surface area contributed by atoms with E-state index >= 15 is 0 Å². The van der Waals surface area contributed by atoms with Crippen LogP contribution >= 0.6 is 0 Å². The highest BCUT2D eigenvalue weighted by atomic mass is 16.2. The maximum absolute atomic E-state index is 12.1. The Bertz CT molecular complexity index is 510. The molecule has 5 nitrogen and oxygen atoms in total. The van der Waals surface area contributed by atoms with Gasteiger partial charge in [-0.25, -0.2) is 4.79 Å². The van der Waals surface area contributed by atoms with Gasteiger partial charge < -0.3 is 15.1 Å². The number of likely N-dealkylation sites (tertiary alicyclic amines) is 1. The Morgan fingerprint density at radius 2 is 1.87 bits per heavy atom. The van der Waals surface area contributed by atoms with Crippen LogP contribution in [0.4, 0.5) is 4.79 Å². The average Bonchev–Trinajstić information content (AvgIpc) is 2.58. The number of amides is 3. The first-order chi connectivity index (χ1) is 11.1. The summed E-state index contributed by atoms with van der Waals surface area (Å²) in [5, 5.41) is 3.02. The van der Waals surface area contributed by atoms with Gasteiger partial charge in [-0.1, -0.05) is 30.3 Å². The van der Waals surface area contributed by atoms with Crippen molar-refractivity contribution in [2.75, 3.05) is 33.2 Å². The zero-order chi connectivity index (χ0) is 16.7. The van der Waals surface area contributed by atoms with Crippen LogP contribution in [0.3, 0.4) is 0 Å². The molecule has 1 aliphatic heterocycles. The zero-order valence-corrected chi connectivity index (χ0v) is 14.1. The van der Waals surface area contributed by atoms with Crippen LogP contribution in [-0.4, -0.2) is 55.0 Å². The number of hydrogen-bond acceptors (Lipinski definition) is 2. The van der Waals surface area contributed by atoms with E-state index in [-0.39, 0.29) is 11.9 Å². The first kappa shape index (κ1) is 17.3. The van der Waals surface area contributed by atoms with Gasteiger partial charge in [0.05, 0.1) is 0 Å². The lowest BCUT2D eigenvalue weighted by Gasteiger charge is -2.31. The van der Waals surface area contributed by atoms with Gasteiger partial charge in [-0.15, -0.1) is 0 Å². The van der Waals surface area contributed by atoms with Crippen molar-refractivity contribution in [3.8, 4) is 0 Å². The maximum atomic E-state index is 12.1. The SMILES string of the molecule is CC(=O)N1CCC(CNC(=O)N(C)CCc2ccccc2)CC1. The smallest absolute Gasteiger partial charge is 0.317 e. The number of carbonyl (C=O) groups excluding carboxylic acids is 2. The Balaban J connectivity index is 1.65. The molecule has 1 N–H and O–H groups in total. The van der Waals surface area contributed by atoms with Crippen LogP contribution in [-0.2, 0) is 11.2 Å². The van der Waals surface area contributed by atoms with Gasteiger partial charge >= 0.3 is 6.03 Å². The first-order valence-electron chi connectivity index (χ1n) is 8.34. The first-order valence-corrected chi connectivity index (χ1v) is 8.34. The van der Waals surface area contributed by atoms with Gasteiger partial charge in [0, 0.05) is 40.2 Å². The van der Waals surface area contributed by atoms with E-state index < -0.39 is 0 Å². The molecule has 0 spiro atoms. The molecule has 0 saturated carbocycles. The summed E-state index contributed by atoms with van der Waals surface area (Å²) in [5.74, 6) is 0.616. The topological polar surface area (TPSA) is 52.7 Å². The van der Waals surface area contributed by atoms with E-state index in [1.807, 2.05) is 30.1 Å². The second-order valence-electron chi connectivity index (χ2n) is 6.29. The largest absolute Gasteiger partial charge is 0.343 e. The molecule has 3 amide bonds. The van der Waals surface area contributed by atoms with Crippen LogP contribution in [0, 0.1) is 5.92 Å². The van der Waals surface area contributed by atoms with Gasteiger partial charge in [0.25, 0.3) is 0 Å².